The molecule has 0 bridgehead atoms. The zero-order valence-electron chi connectivity index (χ0n) is 15.2. The van der Waals surface area contributed by atoms with Crippen LogP contribution in [0.25, 0.3) is 0 Å². The van der Waals surface area contributed by atoms with Crippen molar-refractivity contribution in [3.63, 3.8) is 0 Å². The van der Waals surface area contributed by atoms with Crippen molar-refractivity contribution >= 4 is 21.5 Å². The van der Waals surface area contributed by atoms with Gasteiger partial charge in [0.05, 0.1) is 4.90 Å². The van der Waals surface area contributed by atoms with E-state index in [-0.39, 0.29) is 17.2 Å². The summed E-state index contributed by atoms with van der Waals surface area (Å²) in [6.45, 7) is 1.58. The van der Waals surface area contributed by atoms with E-state index < -0.39 is 10.0 Å². The highest BCUT2D eigenvalue weighted by atomic mass is 32.2. The number of nitrogens with zero attached hydrogens (tertiary/aromatic N) is 2. The monoisotopic (exact) mass is 390 g/mol. The summed E-state index contributed by atoms with van der Waals surface area (Å²) in [5.41, 5.74) is 3.34. The number of benzene rings is 3. The molecule has 0 N–H and O–H groups in total. The predicted octanol–water partition coefficient (Wildman–Crippen LogP) is 3.63. The summed E-state index contributed by atoms with van der Waals surface area (Å²) in [6, 6.07) is 23.1. The van der Waals surface area contributed by atoms with Crippen LogP contribution in [0.15, 0.2) is 88.9 Å². The van der Waals surface area contributed by atoms with Gasteiger partial charge < -0.3 is 0 Å². The summed E-state index contributed by atoms with van der Waals surface area (Å²) in [7, 11) is -3.91. The molecule has 28 heavy (non-hydrogen) atoms. The van der Waals surface area contributed by atoms with Gasteiger partial charge in [-0.25, -0.2) is 0 Å². The van der Waals surface area contributed by atoms with Gasteiger partial charge in [0.1, 0.15) is 12.3 Å². The Morgan fingerprint density at radius 2 is 1.54 bits per heavy atom. The van der Waals surface area contributed by atoms with Crippen molar-refractivity contribution in [1.29, 1.82) is 0 Å². The fourth-order valence-corrected chi connectivity index (χ4v) is 4.50. The lowest BCUT2D eigenvalue weighted by molar-refractivity contribution is 0.0967. The molecule has 140 valence electrons. The molecule has 0 amide bonds. The molecule has 0 saturated heterocycles. The fraction of sp³-hybridized carbons (Fsp3) is 0.0909. The van der Waals surface area contributed by atoms with Gasteiger partial charge in [-0.2, -0.15) is 17.9 Å². The number of hydrazone groups is 1. The minimum Gasteiger partial charge on any atom is -0.292 e. The SMILES string of the molecule is Cc1ccc(C(=O)CN2N=C(c3ccccc3)c3ccccc3S2(=O)=O)cc1. The van der Waals surface area contributed by atoms with E-state index >= 15 is 0 Å². The second-order valence-corrected chi connectivity index (χ2v) is 8.40. The van der Waals surface area contributed by atoms with Gasteiger partial charge >= 0.3 is 0 Å². The van der Waals surface area contributed by atoms with Gasteiger partial charge in [-0.05, 0) is 13.0 Å². The molecule has 5 nitrogen and oxygen atoms in total. The Hall–Kier alpha value is -3.25. The first-order chi connectivity index (χ1) is 13.5. The van der Waals surface area contributed by atoms with Crippen LogP contribution in [0.2, 0.25) is 0 Å². The average Bonchev–Trinajstić information content (AvgIpc) is 2.71. The normalized spacial score (nSPS) is 14.9. The molecule has 0 atom stereocenters. The Bertz CT molecular complexity index is 1170. The van der Waals surface area contributed by atoms with Gasteiger partial charge in [-0.1, -0.05) is 78.4 Å². The molecule has 0 unspecified atom stereocenters. The summed E-state index contributed by atoms with van der Waals surface area (Å²) in [6.07, 6.45) is 0. The summed E-state index contributed by atoms with van der Waals surface area (Å²) >= 11 is 0. The Kier molecular flexibility index (Phi) is 4.57. The van der Waals surface area contributed by atoms with Crippen LogP contribution in [0.3, 0.4) is 0 Å². The maximum atomic E-state index is 13.1. The quantitative estimate of drug-likeness (QED) is 0.639. The number of sulfonamides is 1. The third-order valence-electron chi connectivity index (χ3n) is 4.61. The van der Waals surface area contributed by atoms with Crippen LogP contribution in [0.1, 0.15) is 27.0 Å². The summed E-state index contributed by atoms with van der Waals surface area (Å²) in [5, 5.41) is 4.37. The fourth-order valence-electron chi connectivity index (χ4n) is 3.10. The number of ketones is 1. The number of fused-ring (bicyclic) bond motifs is 1. The van der Waals surface area contributed by atoms with Crippen LogP contribution in [-0.2, 0) is 10.0 Å². The summed E-state index contributed by atoms with van der Waals surface area (Å²) in [4.78, 5) is 12.8. The van der Waals surface area contributed by atoms with Gasteiger partial charge in [0.15, 0.2) is 5.78 Å². The molecule has 6 heteroatoms. The third-order valence-corrected chi connectivity index (χ3v) is 6.29. The van der Waals surface area contributed by atoms with Crippen molar-refractivity contribution in [3.05, 3.63) is 101 Å². The molecule has 1 heterocycles. The lowest BCUT2D eigenvalue weighted by Gasteiger charge is -2.26. The third kappa shape index (κ3) is 3.23. The van der Waals surface area contributed by atoms with Gasteiger partial charge in [0.25, 0.3) is 10.0 Å². The van der Waals surface area contributed by atoms with E-state index in [1.54, 1.807) is 36.4 Å². The van der Waals surface area contributed by atoms with E-state index in [4.69, 9.17) is 0 Å². The maximum Gasteiger partial charge on any atom is 0.280 e. The number of Topliss-reactive ketones (excluding diaryl/α,β-unsaturated/α-hetero) is 1. The number of rotatable bonds is 4. The molecule has 0 radical (unpaired) electrons. The molecule has 0 spiro atoms. The summed E-state index contributed by atoms with van der Waals surface area (Å²) in [5.74, 6) is -0.306. The Morgan fingerprint density at radius 1 is 0.893 bits per heavy atom. The molecule has 0 aliphatic carbocycles. The zero-order valence-corrected chi connectivity index (χ0v) is 16.1. The lowest BCUT2D eigenvalue weighted by atomic mass is 10.0. The highest BCUT2D eigenvalue weighted by molar-refractivity contribution is 7.89. The van der Waals surface area contributed by atoms with Gasteiger partial charge in [-0.3, -0.25) is 4.79 Å². The van der Waals surface area contributed by atoms with E-state index in [2.05, 4.69) is 5.10 Å². The Labute approximate surface area is 164 Å². The molecule has 0 aromatic heterocycles. The second-order valence-electron chi connectivity index (χ2n) is 6.59. The van der Waals surface area contributed by atoms with Crippen molar-refractivity contribution in [2.24, 2.45) is 5.10 Å². The van der Waals surface area contributed by atoms with Crippen LogP contribution in [0, 0.1) is 6.92 Å². The number of carbonyl (C=O) groups excluding carboxylic acids is 1. The first kappa shape index (κ1) is 18.1. The minimum absolute atomic E-state index is 0.153. The van der Waals surface area contributed by atoms with E-state index in [1.165, 1.54) is 0 Å². The van der Waals surface area contributed by atoms with Crippen molar-refractivity contribution in [3.8, 4) is 0 Å². The first-order valence-corrected chi connectivity index (χ1v) is 10.3. The highest BCUT2D eigenvalue weighted by Gasteiger charge is 2.34. The molecule has 4 rings (SSSR count). The highest BCUT2D eigenvalue weighted by Crippen LogP contribution is 2.29. The second kappa shape index (κ2) is 7.05. The Balaban J connectivity index is 1.78. The van der Waals surface area contributed by atoms with E-state index in [0.717, 1.165) is 15.5 Å². The Morgan fingerprint density at radius 3 is 2.25 bits per heavy atom. The van der Waals surface area contributed by atoms with Crippen molar-refractivity contribution < 1.29 is 13.2 Å². The smallest absolute Gasteiger partial charge is 0.280 e. The molecule has 1 aliphatic heterocycles. The zero-order chi connectivity index (χ0) is 19.7. The van der Waals surface area contributed by atoms with E-state index in [0.29, 0.717) is 16.8 Å². The topological polar surface area (TPSA) is 66.8 Å². The van der Waals surface area contributed by atoms with Crippen LogP contribution < -0.4 is 0 Å². The van der Waals surface area contributed by atoms with Crippen molar-refractivity contribution in [2.75, 3.05) is 6.54 Å². The van der Waals surface area contributed by atoms with Crippen molar-refractivity contribution in [2.45, 2.75) is 11.8 Å². The number of hydrogen-bond donors (Lipinski definition) is 0. The predicted molar refractivity (Wildman–Crippen MR) is 108 cm³/mol. The molecule has 0 fully saturated rings. The number of carbonyl (C=O) groups is 1. The van der Waals surface area contributed by atoms with Gasteiger partial charge in [0, 0.05) is 16.7 Å². The molecule has 0 saturated carbocycles. The number of aryl methyl sites for hydroxylation is 1. The molecule has 3 aromatic carbocycles. The van der Waals surface area contributed by atoms with Crippen LogP contribution in [0.4, 0.5) is 0 Å². The van der Waals surface area contributed by atoms with Crippen LogP contribution in [-0.4, -0.2) is 30.9 Å². The molecular formula is C22H18N2O3S. The largest absolute Gasteiger partial charge is 0.292 e. The van der Waals surface area contributed by atoms with E-state index in [1.807, 2.05) is 49.4 Å². The van der Waals surface area contributed by atoms with Gasteiger partial charge in [0.2, 0.25) is 0 Å². The van der Waals surface area contributed by atoms with Crippen molar-refractivity contribution in [1.82, 2.24) is 4.41 Å². The van der Waals surface area contributed by atoms with Gasteiger partial charge in [-0.15, -0.1) is 0 Å². The first-order valence-electron chi connectivity index (χ1n) is 8.83. The van der Waals surface area contributed by atoms with Crippen LogP contribution >= 0.6 is 0 Å². The average molecular weight is 390 g/mol. The standard InChI is InChI=1S/C22H18N2O3S/c1-16-11-13-17(14-12-16)20(25)15-24-23-22(18-7-3-2-4-8-18)19-9-5-6-10-21(19)28(24,26)27/h2-14H,15H2,1H3. The molecule has 3 aromatic rings. The molecule has 1 aliphatic rings. The summed E-state index contributed by atoms with van der Waals surface area (Å²) < 4.78 is 27.0. The lowest BCUT2D eigenvalue weighted by Crippen LogP contribution is -2.37. The maximum absolute atomic E-state index is 13.1. The van der Waals surface area contributed by atoms with E-state index in [9.17, 15) is 13.2 Å². The minimum atomic E-state index is -3.91. The number of hydrogen-bond acceptors (Lipinski definition) is 4. The molecular weight excluding hydrogens is 372 g/mol. The van der Waals surface area contributed by atoms with Crippen LogP contribution in [0.5, 0.6) is 0 Å².